The number of amides is 2. The fourth-order valence-electron chi connectivity index (χ4n) is 3.60. The Morgan fingerprint density at radius 2 is 1.42 bits per heavy atom. The van der Waals surface area contributed by atoms with Gasteiger partial charge in [-0.25, -0.2) is 21.1 Å². The highest BCUT2D eigenvalue weighted by molar-refractivity contribution is 7.92. The zero-order chi connectivity index (χ0) is 28.1. The first-order valence-corrected chi connectivity index (χ1v) is 14.8. The maximum absolute atomic E-state index is 13.0. The van der Waals surface area contributed by atoms with Crippen molar-refractivity contribution in [3.05, 3.63) is 90.0 Å². The van der Waals surface area contributed by atoms with E-state index in [0.29, 0.717) is 0 Å². The Kier molecular flexibility index (Phi) is 8.92. The second-order valence-electron chi connectivity index (χ2n) is 8.75. The van der Waals surface area contributed by atoms with Gasteiger partial charge >= 0.3 is 0 Å². The number of hydrogen-bond donors (Lipinski definition) is 2. The molecule has 202 valence electrons. The second-order valence-corrected chi connectivity index (χ2v) is 12.8. The Bertz CT molecular complexity index is 1510. The highest BCUT2D eigenvalue weighted by atomic mass is 32.2. The summed E-state index contributed by atoms with van der Waals surface area (Å²) < 4.78 is 51.5. The first-order valence-electron chi connectivity index (χ1n) is 11.6. The average molecular weight is 559 g/mol. The van der Waals surface area contributed by atoms with E-state index in [1.165, 1.54) is 38.4 Å². The predicted octanol–water partition coefficient (Wildman–Crippen LogP) is 2.83. The highest BCUT2D eigenvalue weighted by Gasteiger charge is 2.24. The molecule has 2 N–H and O–H groups in total. The summed E-state index contributed by atoms with van der Waals surface area (Å²) in [6.07, 6.45) is 0.942. The van der Waals surface area contributed by atoms with Gasteiger partial charge in [0, 0.05) is 14.1 Å². The second kappa shape index (κ2) is 11.8. The van der Waals surface area contributed by atoms with E-state index in [-0.39, 0.29) is 27.9 Å². The third kappa shape index (κ3) is 6.97. The maximum atomic E-state index is 13.0. The quantitative estimate of drug-likeness (QED) is 0.393. The summed E-state index contributed by atoms with van der Waals surface area (Å²) in [6.45, 7) is 1.25. The molecule has 2 amide bonds. The van der Waals surface area contributed by atoms with Crippen LogP contribution in [0.1, 0.15) is 28.9 Å². The Labute approximate surface area is 223 Å². The average Bonchev–Trinajstić information content (AvgIpc) is 2.87. The third-order valence-corrected chi connectivity index (χ3v) is 8.65. The number of benzene rings is 3. The number of nitrogens with one attached hydrogen (secondary N) is 2. The Balaban J connectivity index is 1.78. The van der Waals surface area contributed by atoms with Crippen LogP contribution in [0.4, 0.5) is 11.4 Å². The first kappa shape index (κ1) is 28.8. The molecule has 1 atom stereocenters. The lowest BCUT2D eigenvalue weighted by Gasteiger charge is -2.23. The van der Waals surface area contributed by atoms with Crippen LogP contribution >= 0.6 is 0 Å². The van der Waals surface area contributed by atoms with Crippen molar-refractivity contribution in [3.63, 3.8) is 0 Å². The number of hydrogen-bond acceptors (Lipinski definition) is 6. The van der Waals surface area contributed by atoms with Crippen molar-refractivity contribution in [2.24, 2.45) is 0 Å². The van der Waals surface area contributed by atoms with Gasteiger partial charge in [0.25, 0.3) is 5.91 Å². The number of nitrogens with zero attached hydrogens (tertiary/aromatic N) is 2. The summed E-state index contributed by atoms with van der Waals surface area (Å²) in [5, 5.41) is 5.51. The molecule has 0 bridgehead atoms. The van der Waals surface area contributed by atoms with Gasteiger partial charge in [-0.05, 0) is 48.9 Å². The Morgan fingerprint density at radius 1 is 0.842 bits per heavy atom. The molecule has 0 heterocycles. The molecule has 3 aromatic rings. The van der Waals surface area contributed by atoms with Gasteiger partial charge in [0.05, 0.1) is 34.1 Å². The summed E-state index contributed by atoms with van der Waals surface area (Å²) in [6, 6.07) is 20.7. The molecule has 0 aliphatic carbocycles. The summed E-state index contributed by atoms with van der Waals surface area (Å²) in [5.74, 6) is -1.09. The van der Waals surface area contributed by atoms with Crippen molar-refractivity contribution in [1.29, 1.82) is 0 Å². The van der Waals surface area contributed by atoms with Crippen LogP contribution in [0.25, 0.3) is 0 Å². The molecule has 12 heteroatoms. The summed E-state index contributed by atoms with van der Waals surface area (Å²) in [4.78, 5) is 25.9. The molecule has 0 aromatic heterocycles. The highest BCUT2D eigenvalue weighted by Crippen LogP contribution is 2.23. The van der Waals surface area contributed by atoms with Crippen LogP contribution in [0, 0.1) is 0 Å². The van der Waals surface area contributed by atoms with E-state index in [1.54, 1.807) is 24.3 Å². The smallest absolute Gasteiger partial charge is 0.253 e. The molecule has 1 unspecified atom stereocenters. The van der Waals surface area contributed by atoms with E-state index in [1.807, 2.05) is 37.3 Å². The fraction of sp³-hybridized carbons (Fsp3) is 0.231. The Hall–Kier alpha value is -3.74. The lowest BCUT2D eigenvalue weighted by molar-refractivity contribution is -0.114. The van der Waals surface area contributed by atoms with Gasteiger partial charge in [0.1, 0.15) is 6.54 Å². The molecule has 0 saturated carbocycles. The molecule has 0 radical (unpaired) electrons. The molecule has 0 saturated heterocycles. The van der Waals surface area contributed by atoms with Crippen molar-refractivity contribution in [3.8, 4) is 0 Å². The monoisotopic (exact) mass is 558 g/mol. The van der Waals surface area contributed by atoms with Gasteiger partial charge in [-0.1, -0.05) is 42.5 Å². The SMILES string of the molecule is CC(NC(=O)c1ccccc1NC(=O)CN(c1ccc(S(=O)(=O)N(C)C)cc1)S(C)(=O)=O)c1ccccc1. The summed E-state index contributed by atoms with van der Waals surface area (Å²) in [5.41, 5.74) is 1.46. The molecule has 38 heavy (non-hydrogen) atoms. The fourth-order valence-corrected chi connectivity index (χ4v) is 5.36. The van der Waals surface area contributed by atoms with Gasteiger partial charge in [-0.15, -0.1) is 0 Å². The third-order valence-electron chi connectivity index (χ3n) is 5.68. The molecule has 0 aliphatic heterocycles. The number of carbonyl (C=O) groups is 2. The summed E-state index contributed by atoms with van der Waals surface area (Å²) in [7, 11) is -4.85. The maximum Gasteiger partial charge on any atom is 0.253 e. The molecular formula is C26H30N4O6S2. The van der Waals surface area contributed by atoms with E-state index >= 15 is 0 Å². The number of anilines is 2. The molecule has 3 rings (SSSR count). The molecule has 3 aromatic carbocycles. The van der Waals surface area contributed by atoms with Crippen LogP contribution in [0.3, 0.4) is 0 Å². The van der Waals surface area contributed by atoms with Crippen molar-refractivity contribution in [2.45, 2.75) is 17.9 Å². The van der Waals surface area contributed by atoms with Crippen molar-refractivity contribution in [2.75, 3.05) is 36.5 Å². The van der Waals surface area contributed by atoms with Crippen LogP contribution in [0.2, 0.25) is 0 Å². The van der Waals surface area contributed by atoms with Gasteiger partial charge in [0.2, 0.25) is 26.0 Å². The van der Waals surface area contributed by atoms with Crippen LogP contribution in [-0.2, 0) is 24.8 Å². The largest absolute Gasteiger partial charge is 0.345 e. The first-order chi connectivity index (χ1) is 17.8. The molecular weight excluding hydrogens is 528 g/mol. The normalized spacial score (nSPS) is 12.6. The van der Waals surface area contributed by atoms with Crippen LogP contribution in [-0.4, -0.2) is 59.9 Å². The zero-order valence-electron chi connectivity index (χ0n) is 21.5. The van der Waals surface area contributed by atoms with Gasteiger partial charge in [0.15, 0.2) is 0 Å². The lowest BCUT2D eigenvalue weighted by Crippen LogP contribution is -2.38. The van der Waals surface area contributed by atoms with Crippen LogP contribution in [0.5, 0.6) is 0 Å². The van der Waals surface area contributed by atoms with Crippen molar-refractivity contribution in [1.82, 2.24) is 9.62 Å². The lowest BCUT2D eigenvalue weighted by atomic mass is 10.1. The molecule has 0 aliphatic rings. The van der Waals surface area contributed by atoms with Crippen LogP contribution < -0.4 is 14.9 Å². The number of rotatable bonds is 10. The number of sulfonamides is 2. The Morgan fingerprint density at radius 3 is 2.00 bits per heavy atom. The minimum atomic E-state index is -3.91. The van der Waals surface area contributed by atoms with Gasteiger partial charge < -0.3 is 10.6 Å². The van der Waals surface area contributed by atoms with E-state index in [9.17, 15) is 26.4 Å². The van der Waals surface area contributed by atoms with Crippen molar-refractivity contribution < 1.29 is 26.4 Å². The van der Waals surface area contributed by atoms with Gasteiger partial charge in [-0.2, -0.15) is 0 Å². The number of carbonyl (C=O) groups excluding carboxylic acids is 2. The molecule has 0 spiro atoms. The van der Waals surface area contributed by atoms with E-state index in [4.69, 9.17) is 0 Å². The van der Waals surface area contributed by atoms with Gasteiger partial charge in [-0.3, -0.25) is 13.9 Å². The standard InChI is InChI=1S/C26H30N4O6S2/c1-19(20-10-6-5-7-11-20)27-26(32)23-12-8-9-13-24(23)28-25(31)18-30(37(4,33)34)21-14-16-22(17-15-21)38(35,36)29(2)3/h5-17,19H,18H2,1-4H3,(H,27,32)(H,28,31). The van der Waals surface area contributed by atoms with E-state index in [2.05, 4.69) is 10.6 Å². The van der Waals surface area contributed by atoms with Crippen LogP contribution in [0.15, 0.2) is 83.8 Å². The number of para-hydroxylation sites is 1. The van der Waals surface area contributed by atoms with Crippen molar-refractivity contribution >= 4 is 43.2 Å². The van der Waals surface area contributed by atoms with E-state index in [0.717, 1.165) is 20.4 Å². The summed E-state index contributed by atoms with van der Waals surface area (Å²) >= 11 is 0. The minimum absolute atomic E-state index is 0.0196. The predicted molar refractivity (Wildman–Crippen MR) is 147 cm³/mol. The topological polar surface area (TPSA) is 133 Å². The molecule has 10 nitrogen and oxygen atoms in total. The molecule has 0 fully saturated rings. The minimum Gasteiger partial charge on any atom is -0.345 e. The van der Waals surface area contributed by atoms with E-state index < -0.39 is 38.4 Å². The zero-order valence-corrected chi connectivity index (χ0v) is 23.1.